The van der Waals surface area contributed by atoms with E-state index in [9.17, 15) is 9.90 Å². The van der Waals surface area contributed by atoms with Crippen LogP contribution in [0.15, 0.2) is 16.8 Å². The third-order valence-electron chi connectivity index (χ3n) is 2.92. The zero-order chi connectivity index (χ0) is 12.5. The maximum Gasteiger partial charge on any atom is 0.354 e. The van der Waals surface area contributed by atoms with Crippen molar-refractivity contribution >= 4 is 17.3 Å². The van der Waals surface area contributed by atoms with E-state index in [1.165, 1.54) is 0 Å². The summed E-state index contributed by atoms with van der Waals surface area (Å²) in [6, 6.07) is 1.90. The smallest absolute Gasteiger partial charge is 0.354 e. The Bertz CT molecular complexity index is 596. The first kappa shape index (κ1) is 11.3. The Balaban J connectivity index is 2.18. The molecule has 92 valence electrons. The number of aromatic nitrogens is 2. The van der Waals surface area contributed by atoms with E-state index in [0.717, 1.165) is 23.4 Å². The number of fused-ring (bicyclic) bond motifs is 1. The van der Waals surface area contributed by atoms with E-state index in [4.69, 9.17) is 0 Å². The van der Waals surface area contributed by atoms with Gasteiger partial charge in [0.25, 0.3) is 0 Å². The molecule has 2 aromatic heterocycles. The first-order valence-corrected chi connectivity index (χ1v) is 6.56. The van der Waals surface area contributed by atoms with Crippen molar-refractivity contribution in [1.29, 1.82) is 0 Å². The van der Waals surface area contributed by atoms with Crippen molar-refractivity contribution in [2.45, 2.75) is 13.0 Å². The topological polar surface area (TPSA) is 75.1 Å². The van der Waals surface area contributed by atoms with Gasteiger partial charge in [-0.25, -0.2) is 14.8 Å². The fraction of sp³-hybridized carbons (Fsp3) is 0.250. The summed E-state index contributed by atoms with van der Waals surface area (Å²) in [5, 5.41) is 16.3. The van der Waals surface area contributed by atoms with E-state index in [-0.39, 0.29) is 5.69 Å². The Morgan fingerprint density at radius 1 is 1.44 bits per heavy atom. The molecule has 1 aliphatic heterocycles. The Morgan fingerprint density at radius 2 is 2.33 bits per heavy atom. The molecule has 0 saturated carbocycles. The number of carboxylic acid groups (broad SMARTS) is 1. The van der Waals surface area contributed by atoms with Crippen LogP contribution < -0.4 is 5.32 Å². The normalized spacial score (nSPS) is 14.2. The van der Waals surface area contributed by atoms with Crippen molar-refractivity contribution in [3.05, 3.63) is 33.8 Å². The van der Waals surface area contributed by atoms with E-state index in [2.05, 4.69) is 15.3 Å². The fourth-order valence-electron chi connectivity index (χ4n) is 2.06. The van der Waals surface area contributed by atoms with E-state index >= 15 is 0 Å². The molecule has 0 amide bonds. The molecule has 0 radical (unpaired) electrons. The predicted molar refractivity (Wildman–Crippen MR) is 67.7 cm³/mol. The van der Waals surface area contributed by atoms with E-state index < -0.39 is 5.97 Å². The molecule has 5 nitrogen and oxygen atoms in total. The molecule has 0 unspecified atom stereocenters. The van der Waals surface area contributed by atoms with Gasteiger partial charge in [0.2, 0.25) is 0 Å². The monoisotopic (exact) mass is 261 g/mol. The molecule has 0 aliphatic carbocycles. The Morgan fingerprint density at radius 3 is 3.06 bits per heavy atom. The minimum absolute atomic E-state index is 0.141. The number of hydrogen-bond acceptors (Lipinski definition) is 5. The highest BCUT2D eigenvalue weighted by Crippen LogP contribution is 2.23. The first-order chi connectivity index (χ1) is 8.75. The van der Waals surface area contributed by atoms with Gasteiger partial charge in [-0.3, -0.25) is 0 Å². The highest BCUT2D eigenvalue weighted by atomic mass is 32.1. The number of nitrogens with zero attached hydrogens (tertiary/aromatic N) is 2. The Kier molecular flexibility index (Phi) is 2.81. The summed E-state index contributed by atoms with van der Waals surface area (Å²) in [7, 11) is 0. The highest BCUT2D eigenvalue weighted by molar-refractivity contribution is 7.08. The van der Waals surface area contributed by atoms with Gasteiger partial charge in [0.05, 0.1) is 5.69 Å². The predicted octanol–water partition coefficient (Wildman–Crippen LogP) is 1.55. The van der Waals surface area contributed by atoms with Crippen molar-refractivity contribution in [2.24, 2.45) is 0 Å². The number of thiophene rings is 1. The van der Waals surface area contributed by atoms with Crippen LogP contribution in [0.2, 0.25) is 0 Å². The number of carboxylic acids is 1. The number of rotatable bonds is 2. The van der Waals surface area contributed by atoms with Crippen molar-refractivity contribution in [3.63, 3.8) is 0 Å². The number of aromatic carboxylic acids is 1. The molecular weight excluding hydrogens is 250 g/mol. The summed E-state index contributed by atoms with van der Waals surface area (Å²) >= 11 is 1.54. The third-order valence-corrected chi connectivity index (χ3v) is 3.60. The standard InChI is InChI=1S/C12H11N3O2S/c16-12(17)10-8-1-3-13-5-9(8)14-11(15-10)7-2-4-18-6-7/h2,4,6,13H,1,3,5H2,(H,16,17). The summed E-state index contributed by atoms with van der Waals surface area (Å²) in [6.45, 7) is 1.38. The summed E-state index contributed by atoms with van der Waals surface area (Å²) < 4.78 is 0. The van der Waals surface area contributed by atoms with Gasteiger partial charge in [-0.2, -0.15) is 11.3 Å². The average molecular weight is 261 g/mol. The lowest BCUT2D eigenvalue weighted by atomic mass is 10.0. The lowest BCUT2D eigenvalue weighted by Gasteiger charge is -2.18. The second-order valence-corrected chi connectivity index (χ2v) is 4.85. The lowest BCUT2D eigenvalue weighted by Crippen LogP contribution is -2.27. The average Bonchev–Trinajstić information content (AvgIpc) is 2.91. The maximum absolute atomic E-state index is 11.3. The molecule has 1 aliphatic rings. The second-order valence-electron chi connectivity index (χ2n) is 4.07. The quantitative estimate of drug-likeness (QED) is 0.858. The molecular formula is C12H11N3O2S. The molecule has 18 heavy (non-hydrogen) atoms. The van der Waals surface area contributed by atoms with Gasteiger partial charge in [0.1, 0.15) is 0 Å². The van der Waals surface area contributed by atoms with Crippen molar-refractivity contribution < 1.29 is 9.90 Å². The molecule has 2 N–H and O–H groups in total. The van der Waals surface area contributed by atoms with Crippen LogP contribution in [0.5, 0.6) is 0 Å². The van der Waals surface area contributed by atoms with Crippen LogP contribution >= 0.6 is 11.3 Å². The summed E-state index contributed by atoms with van der Waals surface area (Å²) in [5.41, 5.74) is 2.58. The molecule has 3 rings (SSSR count). The summed E-state index contributed by atoms with van der Waals surface area (Å²) in [4.78, 5) is 20.0. The van der Waals surface area contributed by atoms with Crippen molar-refractivity contribution in [2.75, 3.05) is 6.54 Å². The van der Waals surface area contributed by atoms with Gasteiger partial charge in [-0.15, -0.1) is 0 Å². The second kappa shape index (κ2) is 4.47. The zero-order valence-corrected chi connectivity index (χ0v) is 10.3. The van der Waals surface area contributed by atoms with Crippen LogP contribution in [-0.2, 0) is 13.0 Å². The zero-order valence-electron chi connectivity index (χ0n) is 9.51. The summed E-state index contributed by atoms with van der Waals surface area (Å²) in [6.07, 6.45) is 0.668. The SMILES string of the molecule is O=C(O)c1nc(-c2ccsc2)nc2c1CCNC2. The number of carbonyl (C=O) groups is 1. The third kappa shape index (κ3) is 1.89. The van der Waals surface area contributed by atoms with Gasteiger partial charge in [-0.1, -0.05) is 0 Å². The van der Waals surface area contributed by atoms with E-state index in [1.807, 2.05) is 16.8 Å². The summed E-state index contributed by atoms with van der Waals surface area (Å²) in [5.74, 6) is -0.483. The lowest BCUT2D eigenvalue weighted by molar-refractivity contribution is 0.0688. The number of hydrogen-bond donors (Lipinski definition) is 2. The van der Waals surface area contributed by atoms with Crippen molar-refractivity contribution in [3.8, 4) is 11.4 Å². The van der Waals surface area contributed by atoms with Crippen LogP contribution in [0.3, 0.4) is 0 Å². The van der Waals surface area contributed by atoms with Crippen molar-refractivity contribution in [1.82, 2.24) is 15.3 Å². The van der Waals surface area contributed by atoms with Crippen LogP contribution in [0.25, 0.3) is 11.4 Å². The van der Waals surface area contributed by atoms with Gasteiger partial charge < -0.3 is 10.4 Å². The Hall–Kier alpha value is -1.79. The van der Waals surface area contributed by atoms with Gasteiger partial charge >= 0.3 is 5.97 Å². The molecule has 0 bridgehead atoms. The minimum Gasteiger partial charge on any atom is -0.476 e. The largest absolute Gasteiger partial charge is 0.476 e. The van der Waals surface area contributed by atoms with Crippen LogP contribution in [0, 0.1) is 0 Å². The molecule has 2 aromatic rings. The van der Waals surface area contributed by atoms with Crippen LogP contribution in [0.4, 0.5) is 0 Å². The first-order valence-electron chi connectivity index (χ1n) is 5.62. The molecule has 0 fully saturated rings. The van der Waals surface area contributed by atoms with Crippen LogP contribution in [0.1, 0.15) is 21.7 Å². The van der Waals surface area contributed by atoms with Gasteiger partial charge in [0, 0.05) is 23.1 Å². The molecule has 0 saturated heterocycles. The molecule has 0 spiro atoms. The Labute approximate surface area is 108 Å². The van der Waals surface area contributed by atoms with Crippen LogP contribution in [-0.4, -0.2) is 27.6 Å². The molecule has 6 heteroatoms. The molecule has 3 heterocycles. The van der Waals surface area contributed by atoms with E-state index in [0.29, 0.717) is 18.8 Å². The molecule has 0 aromatic carbocycles. The van der Waals surface area contributed by atoms with E-state index in [1.54, 1.807) is 11.3 Å². The minimum atomic E-state index is -0.980. The van der Waals surface area contributed by atoms with Gasteiger partial charge in [-0.05, 0) is 24.4 Å². The number of nitrogens with one attached hydrogen (secondary N) is 1. The fourth-order valence-corrected chi connectivity index (χ4v) is 2.69. The van der Waals surface area contributed by atoms with Gasteiger partial charge in [0.15, 0.2) is 11.5 Å². The molecule has 0 atom stereocenters. The highest BCUT2D eigenvalue weighted by Gasteiger charge is 2.21. The maximum atomic E-state index is 11.3.